The summed E-state index contributed by atoms with van der Waals surface area (Å²) >= 11 is 0. The van der Waals surface area contributed by atoms with E-state index in [4.69, 9.17) is 23.7 Å². The molecule has 1 fully saturated rings. The summed E-state index contributed by atoms with van der Waals surface area (Å²) in [6, 6.07) is 0. The molecule has 81 heavy (non-hydrogen) atoms. The number of ether oxygens (including phenoxy) is 5. The Morgan fingerprint density at radius 2 is 0.778 bits per heavy atom. The van der Waals surface area contributed by atoms with E-state index in [1.807, 2.05) is 0 Å². The number of unbranched alkanes of at least 4 members (excludes halogenated alkanes) is 15. The largest absolute Gasteiger partial charge is 0.479 e. The summed E-state index contributed by atoms with van der Waals surface area (Å²) in [6.07, 6.45) is 65.5. The van der Waals surface area contributed by atoms with E-state index in [1.54, 1.807) is 0 Å². The van der Waals surface area contributed by atoms with Crippen LogP contribution < -0.4 is 0 Å². The first-order valence-corrected chi connectivity index (χ1v) is 31.2. The van der Waals surface area contributed by atoms with Gasteiger partial charge in [-0.05, 0) is 135 Å². The lowest BCUT2D eigenvalue weighted by molar-refractivity contribution is -0.301. The van der Waals surface area contributed by atoms with Gasteiger partial charge < -0.3 is 39.0 Å². The molecule has 1 heterocycles. The van der Waals surface area contributed by atoms with E-state index in [0.29, 0.717) is 25.7 Å². The number of carbonyl (C=O) groups excluding carboxylic acids is 3. The first kappa shape index (κ1) is 73.9. The fourth-order valence-electron chi connectivity index (χ4n) is 8.47. The van der Waals surface area contributed by atoms with Crippen molar-refractivity contribution in [1.29, 1.82) is 0 Å². The second-order valence-corrected chi connectivity index (χ2v) is 20.6. The summed E-state index contributed by atoms with van der Waals surface area (Å²) in [5, 5.41) is 31.5. The Bertz CT molecular complexity index is 1920. The van der Waals surface area contributed by atoms with Crippen molar-refractivity contribution < 1.29 is 58.2 Å². The van der Waals surface area contributed by atoms with Crippen LogP contribution in [0.15, 0.2) is 134 Å². The standard InChI is InChI=1S/C69H108O12/c1-4-7-10-13-16-19-22-25-28-30-31-33-35-37-40-43-46-49-52-55-61(70)77-58-60(79-62(71)56-53-50-47-44-41-39-36-32-29-26-23-20-17-14-11-8-5-2)59-78-69-67(65(74)64(73)66(81-69)68(75)76)80-63(72)57-54-51-48-45-42-38-34-27-24-21-18-15-12-9-6-3/h7,9-10,12,16-21,25-29,31,33-34,37,40,42,45,60,64-67,69,73-74H,4-6,8,11,13-15,22-24,30,32,35-36,38-39,41,43-44,46-59H2,1-3H3,(H,75,76)/b10-7-,12-9-,19-16-,20-17-,21-18-,28-25-,29-26-,33-31-,34-27-,40-37-,45-42-. The van der Waals surface area contributed by atoms with Crippen LogP contribution in [0.25, 0.3) is 0 Å². The number of carbonyl (C=O) groups is 4. The number of aliphatic hydroxyl groups is 2. The first-order chi connectivity index (χ1) is 39.6. The number of aliphatic carboxylic acids is 1. The van der Waals surface area contributed by atoms with Gasteiger partial charge in [0.1, 0.15) is 18.8 Å². The van der Waals surface area contributed by atoms with E-state index in [0.717, 1.165) is 141 Å². The average Bonchev–Trinajstić information content (AvgIpc) is 3.53. The highest BCUT2D eigenvalue weighted by molar-refractivity contribution is 5.74. The molecule has 0 radical (unpaired) electrons. The fourth-order valence-corrected chi connectivity index (χ4v) is 8.47. The second kappa shape index (κ2) is 55.4. The molecule has 0 bridgehead atoms. The number of carboxylic acids is 1. The van der Waals surface area contributed by atoms with Gasteiger partial charge in [-0.3, -0.25) is 14.4 Å². The van der Waals surface area contributed by atoms with E-state index in [1.165, 1.54) is 19.3 Å². The molecule has 0 aliphatic carbocycles. The van der Waals surface area contributed by atoms with Gasteiger partial charge in [-0.15, -0.1) is 0 Å². The maximum atomic E-state index is 13.2. The summed E-state index contributed by atoms with van der Waals surface area (Å²) < 4.78 is 28.4. The summed E-state index contributed by atoms with van der Waals surface area (Å²) in [6.45, 7) is 5.68. The molecule has 0 amide bonds. The molecule has 6 atom stereocenters. The highest BCUT2D eigenvalue weighted by Gasteiger charge is 2.50. The predicted molar refractivity (Wildman–Crippen MR) is 330 cm³/mol. The van der Waals surface area contributed by atoms with Crippen LogP contribution in [0.2, 0.25) is 0 Å². The van der Waals surface area contributed by atoms with Crippen molar-refractivity contribution in [1.82, 2.24) is 0 Å². The van der Waals surface area contributed by atoms with E-state index < -0.39 is 67.3 Å². The van der Waals surface area contributed by atoms with Crippen LogP contribution in [0.5, 0.6) is 0 Å². The number of hydrogen-bond donors (Lipinski definition) is 3. The Labute approximate surface area is 490 Å². The number of esters is 3. The lowest BCUT2D eigenvalue weighted by Gasteiger charge is -2.40. The maximum Gasteiger partial charge on any atom is 0.335 e. The van der Waals surface area contributed by atoms with Crippen molar-refractivity contribution in [2.45, 2.75) is 263 Å². The molecule has 0 aromatic heterocycles. The monoisotopic (exact) mass is 1130 g/mol. The van der Waals surface area contributed by atoms with Crippen molar-refractivity contribution in [3.05, 3.63) is 134 Å². The average molecular weight is 1130 g/mol. The minimum Gasteiger partial charge on any atom is -0.479 e. The number of allylic oxidation sites excluding steroid dienone is 22. The van der Waals surface area contributed by atoms with E-state index in [-0.39, 0.29) is 25.9 Å². The molecule has 12 nitrogen and oxygen atoms in total. The Morgan fingerprint density at radius 3 is 1.22 bits per heavy atom. The minimum absolute atomic E-state index is 0.00332. The van der Waals surface area contributed by atoms with Gasteiger partial charge in [0.2, 0.25) is 0 Å². The Morgan fingerprint density at radius 1 is 0.420 bits per heavy atom. The second-order valence-electron chi connectivity index (χ2n) is 20.6. The summed E-state index contributed by atoms with van der Waals surface area (Å²) in [4.78, 5) is 51.3. The number of carboxylic acid groups (broad SMARTS) is 1. The van der Waals surface area contributed by atoms with Gasteiger partial charge in [0.25, 0.3) is 0 Å². The summed E-state index contributed by atoms with van der Waals surface area (Å²) in [5.41, 5.74) is 0. The molecule has 456 valence electrons. The minimum atomic E-state index is -1.93. The van der Waals surface area contributed by atoms with Crippen LogP contribution in [0, 0.1) is 0 Å². The zero-order valence-corrected chi connectivity index (χ0v) is 50.2. The third-order valence-electron chi connectivity index (χ3n) is 13.2. The van der Waals surface area contributed by atoms with Gasteiger partial charge in [0.15, 0.2) is 24.6 Å². The highest BCUT2D eigenvalue weighted by atomic mass is 16.7. The predicted octanol–water partition coefficient (Wildman–Crippen LogP) is 16.6. The zero-order chi connectivity index (χ0) is 58.9. The van der Waals surface area contributed by atoms with Crippen LogP contribution in [-0.4, -0.2) is 89.2 Å². The number of aliphatic hydroxyl groups excluding tert-OH is 2. The van der Waals surface area contributed by atoms with Crippen molar-refractivity contribution in [3.8, 4) is 0 Å². The van der Waals surface area contributed by atoms with Gasteiger partial charge in [0, 0.05) is 19.3 Å². The van der Waals surface area contributed by atoms with Crippen molar-refractivity contribution in [3.63, 3.8) is 0 Å². The molecular weight excluding hydrogens is 1020 g/mol. The van der Waals surface area contributed by atoms with Gasteiger partial charge in [-0.1, -0.05) is 206 Å². The molecule has 12 heteroatoms. The van der Waals surface area contributed by atoms with E-state index in [9.17, 15) is 34.5 Å². The smallest absolute Gasteiger partial charge is 0.335 e. The molecule has 0 spiro atoms. The normalized spacial score (nSPS) is 18.7. The number of rotatable bonds is 51. The summed E-state index contributed by atoms with van der Waals surface area (Å²) in [7, 11) is 0. The van der Waals surface area contributed by atoms with Crippen LogP contribution in [0.4, 0.5) is 0 Å². The molecule has 6 unspecified atom stereocenters. The van der Waals surface area contributed by atoms with Gasteiger partial charge >= 0.3 is 23.9 Å². The third-order valence-corrected chi connectivity index (χ3v) is 13.2. The lowest BCUT2D eigenvalue weighted by atomic mass is 9.98. The van der Waals surface area contributed by atoms with E-state index >= 15 is 0 Å². The molecule has 0 saturated carbocycles. The van der Waals surface area contributed by atoms with Crippen LogP contribution in [-0.2, 0) is 42.9 Å². The third kappa shape index (κ3) is 45.1. The topological polar surface area (TPSA) is 175 Å². The molecule has 1 aliphatic rings. The Hall–Kier alpha value is -5.14. The lowest BCUT2D eigenvalue weighted by Crippen LogP contribution is -2.61. The molecular formula is C69H108O12. The van der Waals surface area contributed by atoms with Crippen molar-refractivity contribution in [2.75, 3.05) is 13.2 Å². The van der Waals surface area contributed by atoms with Crippen molar-refractivity contribution >= 4 is 23.9 Å². The number of hydrogen-bond acceptors (Lipinski definition) is 11. The zero-order valence-electron chi connectivity index (χ0n) is 50.2. The first-order valence-electron chi connectivity index (χ1n) is 31.2. The van der Waals surface area contributed by atoms with Gasteiger partial charge in [0.05, 0.1) is 6.61 Å². The van der Waals surface area contributed by atoms with Crippen LogP contribution in [0.1, 0.15) is 226 Å². The molecule has 0 aromatic carbocycles. The van der Waals surface area contributed by atoms with Crippen LogP contribution in [0.3, 0.4) is 0 Å². The summed E-state index contributed by atoms with van der Waals surface area (Å²) in [5.74, 6) is -3.25. The Kier molecular flexibility index (Phi) is 50.5. The molecule has 1 aliphatic heterocycles. The fraction of sp³-hybridized carbons (Fsp3) is 0.623. The molecule has 1 rings (SSSR count). The Balaban J connectivity index is 2.74. The van der Waals surface area contributed by atoms with Gasteiger partial charge in [-0.2, -0.15) is 0 Å². The molecule has 1 saturated heterocycles. The van der Waals surface area contributed by atoms with Gasteiger partial charge in [-0.25, -0.2) is 4.79 Å². The quantitative estimate of drug-likeness (QED) is 0.0228. The van der Waals surface area contributed by atoms with Crippen molar-refractivity contribution in [2.24, 2.45) is 0 Å². The highest BCUT2D eigenvalue weighted by Crippen LogP contribution is 2.26. The maximum absolute atomic E-state index is 13.2. The van der Waals surface area contributed by atoms with Crippen LogP contribution >= 0.6 is 0 Å². The SMILES string of the molecule is CC/C=C\C/C=C\C/C=C\C/C=C\C/C=C\CCCCCC(=O)OCC(COC1OC(C(=O)O)C(O)C(O)C1OC(=O)CCCC/C=C\C/C=C\C/C=C\C/C=C\CC)OC(=O)CCCCCCCCC/C=C\C/C=C\CCCCC. The molecule has 0 aromatic rings. The van der Waals surface area contributed by atoms with E-state index in [2.05, 4.69) is 154 Å². The molecule has 3 N–H and O–H groups in total.